The first-order chi connectivity index (χ1) is 7.56. The number of amides is 1. The molecule has 1 amide bonds. The van der Waals surface area contributed by atoms with Crippen molar-refractivity contribution in [3.05, 3.63) is 39.9 Å². The second kappa shape index (κ2) is 5.33. The van der Waals surface area contributed by atoms with E-state index >= 15 is 0 Å². The van der Waals surface area contributed by atoms with Gasteiger partial charge >= 0.3 is 0 Å². The van der Waals surface area contributed by atoms with Crippen molar-refractivity contribution in [3.63, 3.8) is 0 Å². The fourth-order valence-electron chi connectivity index (χ4n) is 1.12. The molecule has 0 radical (unpaired) electrons. The van der Waals surface area contributed by atoms with E-state index in [9.17, 15) is 23.7 Å². The van der Waals surface area contributed by atoms with Gasteiger partial charge in [0.1, 0.15) is 0 Å². The molecule has 16 heavy (non-hydrogen) atoms. The van der Waals surface area contributed by atoms with Gasteiger partial charge in [0.05, 0.1) is 0 Å². The summed E-state index contributed by atoms with van der Waals surface area (Å²) in [7, 11) is 0. The van der Waals surface area contributed by atoms with Gasteiger partial charge in [-0.25, -0.2) is 0 Å². The lowest BCUT2D eigenvalue weighted by molar-refractivity contribution is -0.502. The van der Waals surface area contributed by atoms with E-state index in [1.165, 1.54) is 24.3 Å². The predicted molar refractivity (Wildman–Crippen MR) is 54.8 cm³/mol. The molecule has 0 fully saturated rings. The number of nitrogens with one attached hydrogen (secondary N) is 1. The highest BCUT2D eigenvalue weighted by molar-refractivity contribution is 7.79. The zero-order chi connectivity index (χ0) is 12.1. The predicted octanol–water partition coefficient (Wildman–Crippen LogP) is 0.409. The Labute approximate surface area is 92.9 Å². The van der Waals surface area contributed by atoms with Crippen molar-refractivity contribution in [3.8, 4) is 0 Å². The number of nitrogens with zero attached hydrogens (tertiary/aromatic N) is 1. The van der Waals surface area contributed by atoms with Crippen molar-refractivity contribution < 1.29 is 18.5 Å². The van der Waals surface area contributed by atoms with Crippen LogP contribution in [-0.4, -0.2) is 20.1 Å². The van der Waals surface area contributed by atoms with Crippen LogP contribution in [0, 0.1) is 10.1 Å². The highest BCUT2D eigenvalue weighted by Crippen LogP contribution is 2.21. The molecule has 0 saturated heterocycles. The van der Waals surface area contributed by atoms with Crippen molar-refractivity contribution in [2.45, 2.75) is 5.37 Å². The molecule has 0 aliphatic carbocycles. The molecule has 1 aromatic carbocycles. The van der Waals surface area contributed by atoms with Crippen molar-refractivity contribution in [2.75, 3.05) is 5.32 Å². The van der Waals surface area contributed by atoms with Gasteiger partial charge in [0.15, 0.2) is 0 Å². The van der Waals surface area contributed by atoms with Gasteiger partial charge in [0, 0.05) is 27.3 Å². The summed E-state index contributed by atoms with van der Waals surface area (Å²) < 4.78 is 21.3. The minimum Gasteiger partial charge on any atom is -0.767 e. The molecular formula is C8H7N2O5S-. The summed E-state index contributed by atoms with van der Waals surface area (Å²) in [6.07, 6.45) is 0.450. The van der Waals surface area contributed by atoms with E-state index in [2.05, 4.69) is 5.32 Å². The van der Waals surface area contributed by atoms with Crippen LogP contribution in [0.4, 0.5) is 5.69 Å². The Morgan fingerprint density at radius 3 is 2.31 bits per heavy atom. The Morgan fingerprint density at radius 2 is 1.94 bits per heavy atom. The molecule has 0 spiro atoms. The Balaban J connectivity index is 2.98. The second-order valence-electron chi connectivity index (χ2n) is 2.78. The smallest absolute Gasteiger partial charge is 0.298 e. The van der Waals surface area contributed by atoms with Gasteiger partial charge in [-0.3, -0.25) is 19.1 Å². The van der Waals surface area contributed by atoms with E-state index < -0.39 is 21.4 Å². The number of anilines is 1. The molecule has 1 aromatic rings. The quantitative estimate of drug-likeness (QED) is 0.348. The van der Waals surface area contributed by atoms with Crippen LogP contribution in [0.2, 0.25) is 0 Å². The van der Waals surface area contributed by atoms with Gasteiger partial charge in [0.25, 0.3) is 5.37 Å². The van der Waals surface area contributed by atoms with E-state index in [4.69, 9.17) is 0 Å². The van der Waals surface area contributed by atoms with Gasteiger partial charge in [-0.2, -0.15) is 0 Å². The SMILES string of the molecule is O=CNc1ccc(C([N+](=O)[O-])S(=O)[O-])cc1. The summed E-state index contributed by atoms with van der Waals surface area (Å²) in [4.78, 5) is 19.7. The van der Waals surface area contributed by atoms with E-state index in [-0.39, 0.29) is 5.56 Å². The minimum atomic E-state index is -2.83. The minimum absolute atomic E-state index is 0.0368. The molecule has 0 saturated carbocycles. The zero-order valence-corrected chi connectivity index (χ0v) is 8.68. The summed E-state index contributed by atoms with van der Waals surface area (Å²) in [5.74, 6) is 0. The van der Waals surface area contributed by atoms with Gasteiger partial charge in [-0.05, 0) is 24.3 Å². The van der Waals surface area contributed by atoms with E-state index in [1.54, 1.807) is 0 Å². The Morgan fingerprint density at radius 1 is 1.38 bits per heavy atom. The summed E-state index contributed by atoms with van der Waals surface area (Å²) in [6, 6.07) is 5.31. The molecule has 86 valence electrons. The summed E-state index contributed by atoms with van der Waals surface area (Å²) in [5, 5.41) is 11.0. The average Bonchev–Trinajstić information content (AvgIpc) is 2.20. The Kier molecular flexibility index (Phi) is 4.09. The third-order valence-corrected chi connectivity index (χ3v) is 2.60. The lowest BCUT2D eigenvalue weighted by atomic mass is 10.2. The average molecular weight is 243 g/mol. The number of carbonyl (C=O) groups excluding carboxylic acids is 1. The molecule has 2 atom stereocenters. The summed E-state index contributed by atoms with van der Waals surface area (Å²) in [6.45, 7) is 0. The molecule has 8 heteroatoms. The topological polar surface area (TPSA) is 112 Å². The Bertz CT molecular complexity index is 405. The maximum atomic E-state index is 10.6. The van der Waals surface area contributed by atoms with Gasteiger partial charge in [-0.15, -0.1) is 0 Å². The van der Waals surface area contributed by atoms with Crippen molar-refractivity contribution >= 4 is 23.2 Å². The van der Waals surface area contributed by atoms with Crippen LogP contribution in [0.25, 0.3) is 0 Å². The zero-order valence-electron chi connectivity index (χ0n) is 7.86. The fraction of sp³-hybridized carbons (Fsp3) is 0.125. The van der Waals surface area contributed by atoms with Crippen LogP contribution < -0.4 is 5.32 Å². The number of nitro groups is 1. The standard InChI is InChI=1S/C8H8N2O5S/c11-5-9-7-3-1-6(2-4-7)8(10(12)13)16(14)15/h1-5,8H,(H,9,11)(H,14,15)/p-1. The number of benzene rings is 1. The summed E-state index contributed by atoms with van der Waals surface area (Å²) >= 11 is -2.83. The van der Waals surface area contributed by atoms with Crippen LogP contribution in [0.5, 0.6) is 0 Å². The first-order valence-electron chi connectivity index (χ1n) is 4.08. The molecule has 2 unspecified atom stereocenters. The highest BCUT2D eigenvalue weighted by atomic mass is 32.2. The first-order valence-corrected chi connectivity index (χ1v) is 5.21. The lowest BCUT2D eigenvalue weighted by Crippen LogP contribution is -2.15. The van der Waals surface area contributed by atoms with Crippen molar-refractivity contribution in [2.24, 2.45) is 0 Å². The Hall–Kier alpha value is -1.80. The van der Waals surface area contributed by atoms with Gasteiger partial charge in [-0.1, -0.05) is 0 Å². The van der Waals surface area contributed by atoms with Gasteiger partial charge < -0.3 is 9.87 Å². The van der Waals surface area contributed by atoms with Crippen LogP contribution in [0.15, 0.2) is 24.3 Å². The van der Waals surface area contributed by atoms with Crippen LogP contribution in [-0.2, 0) is 15.9 Å². The molecule has 0 aliphatic rings. The molecule has 1 N–H and O–H groups in total. The van der Waals surface area contributed by atoms with Gasteiger partial charge in [0.2, 0.25) is 6.41 Å². The molecule has 0 heterocycles. The molecule has 7 nitrogen and oxygen atoms in total. The third kappa shape index (κ3) is 2.84. The van der Waals surface area contributed by atoms with Crippen LogP contribution in [0.1, 0.15) is 10.9 Å². The third-order valence-electron chi connectivity index (χ3n) is 1.80. The van der Waals surface area contributed by atoms with Crippen molar-refractivity contribution in [1.82, 2.24) is 0 Å². The summed E-state index contributed by atoms with van der Waals surface area (Å²) in [5.41, 5.74) is 0.465. The molecule has 0 bridgehead atoms. The number of carbonyl (C=O) groups is 1. The van der Waals surface area contributed by atoms with E-state index in [0.717, 1.165) is 0 Å². The largest absolute Gasteiger partial charge is 0.767 e. The molecule has 1 rings (SSSR count). The number of rotatable bonds is 5. The normalized spacial score (nSPS) is 13.8. The lowest BCUT2D eigenvalue weighted by Gasteiger charge is -2.12. The molecule has 0 aliphatic heterocycles. The van der Waals surface area contributed by atoms with Crippen LogP contribution >= 0.6 is 0 Å². The number of hydrogen-bond acceptors (Lipinski definition) is 5. The number of hydrogen-bond donors (Lipinski definition) is 1. The van der Waals surface area contributed by atoms with E-state index in [1.807, 2.05) is 0 Å². The first kappa shape index (κ1) is 12.3. The fourth-order valence-corrected chi connectivity index (χ4v) is 1.64. The second-order valence-corrected chi connectivity index (χ2v) is 3.75. The maximum Gasteiger partial charge on any atom is 0.298 e. The maximum absolute atomic E-state index is 10.6. The monoisotopic (exact) mass is 243 g/mol. The molecule has 0 aromatic heterocycles. The van der Waals surface area contributed by atoms with Crippen LogP contribution in [0.3, 0.4) is 0 Å². The molecular weight excluding hydrogens is 236 g/mol. The van der Waals surface area contributed by atoms with Crippen molar-refractivity contribution in [1.29, 1.82) is 0 Å². The highest BCUT2D eigenvalue weighted by Gasteiger charge is 2.23. The van der Waals surface area contributed by atoms with E-state index in [0.29, 0.717) is 12.1 Å².